The van der Waals surface area contributed by atoms with E-state index in [4.69, 9.17) is 9.15 Å². The molecule has 2 rings (SSSR count). The first kappa shape index (κ1) is 18.9. The van der Waals surface area contributed by atoms with Gasteiger partial charge in [-0.05, 0) is 56.9 Å². The number of furan rings is 1. The van der Waals surface area contributed by atoms with Crippen LogP contribution in [0.1, 0.15) is 31.6 Å². The van der Waals surface area contributed by atoms with Crippen molar-refractivity contribution in [3.8, 4) is 5.75 Å². The summed E-state index contributed by atoms with van der Waals surface area (Å²) < 4.78 is 11.0. The molecule has 6 nitrogen and oxygen atoms in total. The molecule has 25 heavy (non-hydrogen) atoms. The SMILES string of the molecule is CCCCOc1ccc(NC(=O)NCC(c2ccco2)N(C)C)cc1. The van der Waals surface area contributed by atoms with Crippen molar-refractivity contribution in [2.45, 2.75) is 25.8 Å². The molecule has 0 bridgehead atoms. The second-order valence-corrected chi connectivity index (χ2v) is 6.06. The number of rotatable bonds is 9. The average molecular weight is 345 g/mol. The van der Waals surface area contributed by atoms with Gasteiger partial charge in [-0.3, -0.25) is 4.90 Å². The highest BCUT2D eigenvalue weighted by atomic mass is 16.5. The van der Waals surface area contributed by atoms with Gasteiger partial charge in [0.15, 0.2) is 0 Å². The van der Waals surface area contributed by atoms with Crippen molar-refractivity contribution >= 4 is 11.7 Å². The Hall–Kier alpha value is -2.47. The molecule has 0 aliphatic heterocycles. The highest BCUT2D eigenvalue weighted by molar-refractivity contribution is 5.89. The molecule has 2 amide bonds. The van der Waals surface area contributed by atoms with Gasteiger partial charge >= 0.3 is 6.03 Å². The molecular weight excluding hydrogens is 318 g/mol. The van der Waals surface area contributed by atoms with E-state index >= 15 is 0 Å². The lowest BCUT2D eigenvalue weighted by molar-refractivity contribution is 0.233. The number of carbonyl (C=O) groups excluding carboxylic acids is 1. The summed E-state index contributed by atoms with van der Waals surface area (Å²) in [4.78, 5) is 14.1. The zero-order chi connectivity index (χ0) is 18.1. The highest BCUT2D eigenvalue weighted by Crippen LogP contribution is 2.18. The van der Waals surface area contributed by atoms with E-state index in [0.29, 0.717) is 13.2 Å². The predicted molar refractivity (Wildman–Crippen MR) is 99.0 cm³/mol. The van der Waals surface area contributed by atoms with Crippen LogP contribution in [0.5, 0.6) is 5.75 Å². The molecule has 136 valence electrons. The zero-order valence-electron chi connectivity index (χ0n) is 15.1. The van der Waals surface area contributed by atoms with Crippen molar-refractivity contribution in [2.75, 3.05) is 32.6 Å². The van der Waals surface area contributed by atoms with Crippen molar-refractivity contribution in [1.29, 1.82) is 0 Å². The fourth-order valence-corrected chi connectivity index (χ4v) is 2.35. The van der Waals surface area contributed by atoms with Gasteiger partial charge in [-0.25, -0.2) is 4.79 Å². The summed E-state index contributed by atoms with van der Waals surface area (Å²) in [7, 11) is 3.90. The Morgan fingerprint density at radius 2 is 2.00 bits per heavy atom. The number of likely N-dealkylation sites (N-methyl/N-ethyl adjacent to an activating group) is 1. The van der Waals surface area contributed by atoms with Gasteiger partial charge in [0.2, 0.25) is 0 Å². The molecule has 0 fully saturated rings. The Labute approximate surface area is 149 Å². The standard InChI is InChI=1S/C19H27N3O3/c1-4-5-12-24-16-10-8-15(9-11-16)21-19(23)20-14-17(22(2)3)18-7-6-13-25-18/h6-11,13,17H,4-5,12,14H2,1-3H3,(H2,20,21,23). The molecule has 2 aromatic rings. The fraction of sp³-hybridized carbons (Fsp3) is 0.421. The van der Waals surface area contributed by atoms with Crippen LogP contribution < -0.4 is 15.4 Å². The Morgan fingerprint density at radius 3 is 2.60 bits per heavy atom. The molecular formula is C19H27N3O3. The maximum atomic E-state index is 12.1. The van der Waals surface area contributed by atoms with E-state index in [-0.39, 0.29) is 12.1 Å². The molecule has 1 heterocycles. The molecule has 0 saturated heterocycles. The maximum Gasteiger partial charge on any atom is 0.319 e. The van der Waals surface area contributed by atoms with E-state index in [9.17, 15) is 4.79 Å². The molecule has 1 atom stereocenters. The lowest BCUT2D eigenvalue weighted by atomic mass is 10.2. The third-order valence-electron chi connectivity index (χ3n) is 3.83. The first-order valence-corrected chi connectivity index (χ1v) is 8.57. The first-order valence-electron chi connectivity index (χ1n) is 8.57. The van der Waals surface area contributed by atoms with Gasteiger partial charge in [0, 0.05) is 12.2 Å². The second-order valence-electron chi connectivity index (χ2n) is 6.06. The first-order chi connectivity index (χ1) is 12.1. The normalized spacial score (nSPS) is 12.0. The Balaban J connectivity index is 1.81. The van der Waals surface area contributed by atoms with Crippen LogP contribution in [-0.4, -0.2) is 38.2 Å². The van der Waals surface area contributed by atoms with Gasteiger partial charge in [0.25, 0.3) is 0 Å². The molecule has 1 aromatic heterocycles. The molecule has 1 unspecified atom stereocenters. The van der Waals surface area contributed by atoms with Crippen LogP contribution in [0, 0.1) is 0 Å². The van der Waals surface area contributed by atoms with Crippen LogP contribution in [0.2, 0.25) is 0 Å². The monoisotopic (exact) mass is 345 g/mol. The Bertz CT molecular complexity index is 624. The van der Waals surface area contributed by atoms with Gasteiger partial charge in [-0.2, -0.15) is 0 Å². The van der Waals surface area contributed by atoms with Crippen LogP contribution >= 0.6 is 0 Å². The number of carbonyl (C=O) groups is 1. The van der Waals surface area contributed by atoms with Gasteiger partial charge in [0.1, 0.15) is 11.5 Å². The topological polar surface area (TPSA) is 66.7 Å². The number of amides is 2. The minimum Gasteiger partial charge on any atom is -0.494 e. The quantitative estimate of drug-likeness (QED) is 0.677. The van der Waals surface area contributed by atoms with Crippen LogP contribution in [-0.2, 0) is 0 Å². The number of anilines is 1. The number of nitrogens with zero attached hydrogens (tertiary/aromatic N) is 1. The Kier molecular flexibility index (Phi) is 7.35. The number of ether oxygens (including phenoxy) is 1. The van der Waals surface area contributed by atoms with Crippen LogP contribution in [0.3, 0.4) is 0 Å². The van der Waals surface area contributed by atoms with Crippen molar-refractivity contribution in [3.05, 3.63) is 48.4 Å². The van der Waals surface area contributed by atoms with Gasteiger partial charge < -0.3 is 19.8 Å². The van der Waals surface area contributed by atoms with E-state index < -0.39 is 0 Å². The summed E-state index contributed by atoms with van der Waals surface area (Å²) in [5, 5.41) is 5.70. The predicted octanol–water partition coefficient (Wildman–Crippen LogP) is 3.88. The lowest BCUT2D eigenvalue weighted by Crippen LogP contribution is -2.36. The van der Waals surface area contributed by atoms with Crippen molar-refractivity contribution < 1.29 is 13.9 Å². The molecule has 6 heteroatoms. The number of hydrogen-bond acceptors (Lipinski definition) is 4. The summed E-state index contributed by atoms with van der Waals surface area (Å²) in [6.45, 7) is 3.29. The fourth-order valence-electron chi connectivity index (χ4n) is 2.35. The number of urea groups is 1. The van der Waals surface area contributed by atoms with Gasteiger partial charge in [-0.15, -0.1) is 0 Å². The van der Waals surface area contributed by atoms with Gasteiger partial charge in [-0.1, -0.05) is 13.3 Å². The second kappa shape index (κ2) is 9.74. The van der Waals surface area contributed by atoms with E-state index in [1.165, 1.54) is 0 Å². The molecule has 0 radical (unpaired) electrons. The highest BCUT2D eigenvalue weighted by Gasteiger charge is 2.17. The molecule has 1 aromatic carbocycles. The largest absolute Gasteiger partial charge is 0.494 e. The van der Waals surface area contributed by atoms with Crippen molar-refractivity contribution in [3.63, 3.8) is 0 Å². The van der Waals surface area contributed by atoms with E-state index in [1.54, 1.807) is 6.26 Å². The number of hydrogen-bond donors (Lipinski definition) is 2. The molecule has 0 aliphatic rings. The number of nitrogens with one attached hydrogen (secondary N) is 2. The molecule has 0 saturated carbocycles. The Morgan fingerprint density at radius 1 is 1.24 bits per heavy atom. The van der Waals surface area contributed by atoms with E-state index in [0.717, 1.165) is 30.0 Å². The van der Waals surface area contributed by atoms with Crippen molar-refractivity contribution in [2.24, 2.45) is 0 Å². The summed E-state index contributed by atoms with van der Waals surface area (Å²) in [6, 6.07) is 10.9. The summed E-state index contributed by atoms with van der Waals surface area (Å²) >= 11 is 0. The van der Waals surface area contributed by atoms with Crippen LogP contribution in [0.25, 0.3) is 0 Å². The smallest absolute Gasteiger partial charge is 0.319 e. The van der Waals surface area contributed by atoms with Crippen molar-refractivity contribution in [1.82, 2.24) is 10.2 Å². The van der Waals surface area contributed by atoms with Crippen LogP contribution in [0.4, 0.5) is 10.5 Å². The summed E-state index contributed by atoms with van der Waals surface area (Å²) in [5.74, 6) is 1.63. The third kappa shape index (κ3) is 6.15. The lowest BCUT2D eigenvalue weighted by Gasteiger charge is -2.22. The third-order valence-corrected chi connectivity index (χ3v) is 3.83. The zero-order valence-corrected chi connectivity index (χ0v) is 15.1. The molecule has 2 N–H and O–H groups in total. The van der Waals surface area contributed by atoms with E-state index in [1.807, 2.05) is 55.4 Å². The maximum absolute atomic E-state index is 12.1. The summed E-state index contributed by atoms with van der Waals surface area (Å²) in [5.41, 5.74) is 0.722. The minimum atomic E-state index is -0.252. The molecule has 0 spiro atoms. The number of benzene rings is 1. The number of unbranched alkanes of at least 4 members (excludes halogenated alkanes) is 1. The summed E-state index contributed by atoms with van der Waals surface area (Å²) in [6.07, 6.45) is 3.77. The van der Waals surface area contributed by atoms with Gasteiger partial charge in [0.05, 0.1) is 18.9 Å². The average Bonchev–Trinajstić information content (AvgIpc) is 3.11. The van der Waals surface area contributed by atoms with E-state index in [2.05, 4.69) is 17.6 Å². The molecule has 0 aliphatic carbocycles. The minimum absolute atomic E-state index is 0.0184. The van der Waals surface area contributed by atoms with Crippen LogP contribution in [0.15, 0.2) is 47.1 Å².